The normalized spacial score (nSPS) is 10.1. The number of amides is 1. The van der Waals surface area contributed by atoms with Crippen molar-refractivity contribution >= 4 is 28.8 Å². The van der Waals surface area contributed by atoms with E-state index in [0.29, 0.717) is 17.4 Å². The minimum Gasteiger partial charge on any atom is -0.346 e. The molecule has 6 heteroatoms. The summed E-state index contributed by atoms with van der Waals surface area (Å²) in [5.41, 5.74) is 2.04. The first-order valence-corrected chi connectivity index (χ1v) is 5.79. The lowest BCUT2D eigenvalue weighted by molar-refractivity contribution is 0.0946. The number of hydrogen-bond acceptors (Lipinski definition) is 4. The summed E-state index contributed by atoms with van der Waals surface area (Å²) < 4.78 is 0. The molecule has 1 N–H and O–H groups in total. The standard InChI is InChI=1S/C10H8ClN3OS/c11-9-3-1-2-8(14-9)10(15)13-5-7-4-12-6-16-7/h1-4,6H,5H2,(H,13,15). The predicted molar refractivity (Wildman–Crippen MR) is 62.5 cm³/mol. The summed E-state index contributed by atoms with van der Waals surface area (Å²) in [5.74, 6) is -0.240. The fourth-order valence-corrected chi connectivity index (χ4v) is 1.82. The van der Waals surface area contributed by atoms with E-state index < -0.39 is 0 Å². The Kier molecular flexibility index (Phi) is 3.48. The first-order chi connectivity index (χ1) is 7.75. The van der Waals surface area contributed by atoms with Crippen LogP contribution in [0.3, 0.4) is 0 Å². The number of thiazole rings is 1. The summed E-state index contributed by atoms with van der Waals surface area (Å²) in [5, 5.41) is 3.05. The first-order valence-electron chi connectivity index (χ1n) is 4.54. The molecule has 0 saturated heterocycles. The Morgan fingerprint density at radius 3 is 3.06 bits per heavy atom. The second-order valence-corrected chi connectivity index (χ2v) is 4.35. The summed E-state index contributed by atoms with van der Waals surface area (Å²) in [6.45, 7) is 0.456. The van der Waals surface area contributed by atoms with E-state index >= 15 is 0 Å². The molecular weight excluding hydrogens is 246 g/mol. The van der Waals surface area contributed by atoms with Crippen molar-refractivity contribution in [2.45, 2.75) is 6.54 Å². The number of hydrogen-bond donors (Lipinski definition) is 1. The second kappa shape index (κ2) is 5.05. The summed E-state index contributed by atoms with van der Waals surface area (Å²) >= 11 is 7.18. The molecule has 2 aromatic heterocycles. The van der Waals surface area contributed by atoms with Crippen LogP contribution in [0.15, 0.2) is 29.9 Å². The smallest absolute Gasteiger partial charge is 0.270 e. The molecule has 4 nitrogen and oxygen atoms in total. The Bertz CT molecular complexity index is 487. The average molecular weight is 254 g/mol. The highest BCUT2D eigenvalue weighted by molar-refractivity contribution is 7.09. The van der Waals surface area contributed by atoms with Crippen LogP contribution in [0.5, 0.6) is 0 Å². The van der Waals surface area contributed by atoms with E-state index in [4.69, 9.17) is 11.6 Å². The second-order valence-electron chi connectivity index (χ2n) is 3.00. The van der Waals surface area contributed by atoms with Gasteiger partial charge in [0.1, 0.15) is 10.8 Å². The Morgan fingerprint density at radius 1 is 1.50 bits per heavy atom. The number of rotatable bonds is 3. The molecule has 0 atom stereocenters. The van der Waals surface area contributed by atoms with E-state index in [0.717, 1.165) is 4.88 Å². The lowest BCUT2D eigenvalue weighted by Gasteiger charge is -2.02. The van der Waals surface area contributed by atoms with Gasteiger partial charge in [-0.25, -0.2) is 4.98 Å². The zero-order valence-corrected chi connectivity index (χ0v) is 9.76. The van der Waals surface area contributed by atoms with Crippen molar-refractivity contribution in [1.82, 2.24) is 15.3 Å². The minimum absolute atomic E-state index is 0.240. The number of nitrogens with one attached hydrogen (secondary N) is 1. The number of pyridine rings is 1. The highest BCUT2D eigenvalue weighted by Crippen LogP contribution is 2.07. The zero-order chi connectivity index (χ0) is 11.4. The van der Waals surface area contributed by atoms with Gasteiger partial charge in [-0.2, -0.15) is 0 Å². The van der Waals surface area contributed by atoms with Crippen molar-refractivity contribution in [2.24, 2.45) is 0 Å². The molecule has 0 aliphatic rings. The van der Waals surface area contributed by atoms with Crippen LogP contribution >= 0.6 is 22.9 Å². The molecule has 82 valence electrons. The van der Waals surface area contributed by atoms with Crippen molar-refractivity contribution < 1.29 is 4.79 Å². The van der Waals surface area contributed by atoms with Crippen LogP contribution in [0.1, 0.15) is 15.4 Å². The Balaban J connectivity index is 1.98. The molecule has 0 aliphatic heterocycles. The molecule has 0 radical (unpaired) electrons. The lowest BCUT2D eigenvalue weighted by atomic mass is 10.3. The van der Waals surface area contributed by atoms with Crippen LogP contribution in [0.2, 0.25) is 5.15 Å². The summed E-state index contributed by atoms with van der Waals surface area (Å²) in [4.78, 5) is 20.5. The third-order valence-electron chi connectivity index (χ3n) is 1.85. The van der Waals surface area contributed by atoms with Gasteiger partial charge in [0.05, 0.1) is 12.1 Å². The number of nitrogens with zero attached hydrogens (tertiary/aromatic N) is 2. The minimum atomic E-state index is -0.240. The Morgan fingerprint density at radius 2 is 2.38 bits per heavy atom. The highest BCUT2D eigenvalue weighted by Gasteiger charge is 2.07. The number of carbonyl (C=O) groups is 1. The Hall–Kier alpha value is -1.46. The molecule has 0 fully saturated rings. The van der Waals surface area contributed by atoms with Crippen LogP contribution in [-0.2, 0) is 6.54 Å². The quantitative estimate of drug-likeness (QED) is 0.853. The molecule has 0 bridgehead atoms. The van der Waals surface area contributed by atoms with Crippen LogP contribution in [0.25, 0.3) is 0 Å². The molecule has 0 aliphatic carbocycles. The maximum atomic E-state index is 11.6. The highest BCUT2D eigenvalue weighted by atomic mass is 35.5. The van der Waals surface area contributed by atoms with Gasteiger partial charge in [-0.15, -0.1) is 11.3 Å². The van der Waals surface area contributed by atoms with E-state index in [1.165, 1.54) is 11.3 Å². The van der Waals surface area contributed by atoms with Crippen molar-refractivity contribution in [1.29, 1.82) is 0 Å². The van der Waals surface area contributed by atoms with Gasteiger partial charge in [-0.3, -0.25) is 9.78 Å². The number of aromatic nitrogens is 2. The molecule has 16 heavy (non-hydrogen) atoms. The third kappa shape index (κ3) is 2.77. The van der Waals surface area contributed by atoms with Gasteiger partial charge < -0.3 is 5.32 Å². The van der Waals surface area contributed by atoms with E-state index in [-0.39, 0.29) is 5.91 Å². The summed E-state index contributed by atoms with van der Waals surface area (Å²) in [6, 6.07) is 4.94. The van der Waals surface area contributed by atoms with Crippen molar-refractivity contribution in [3.05, 3.63) is 45.6 Å². The van der Waals surface area contributed by atoms with E-state index in [1.807, 2.05) is 0 Å². The van der Waals surface area contributed by atoms with Gasteiger partial charge in [-0.1, -0.05) is 17.7 Å². The molecule has 0 saturated carbocycles. The summed E-state index contributed by atoms with van der Waals surface area (Å²) in [7, 11) is 0. The first kappa shape index (κ1) is 11.0. The number of halogens is 1. The predicted octanol–water partition coefficient (Wildman–Crippen LogP) is 2.12. The maximum Gasteiger partial charge on any atom is 0.270 e. The average Bonchev–Trinajstić information content (AvgIpc) is 2.78. The number of carbonyl (C=O) groups excluding carboxylic acids is 1. The van der Waals surface area contributed by atoms with Crippen LogP contribution < -0.4 is 5.32 Å². The fourth-order valence-electron chi connectivity index (χ4n) is 1.12. The van der Waals surface area contributed by atoms with Gasteiger partial charge in [-0.05, 0) is 12.1 Å². The largest absolute Gasteiger partial charge is 0.346 e. The van der Waals surface area contributed by atoms with Crippen LogP contribution in [0, 0.1) is 0 Å². The van der Waals surface area contributed by atoms with Crippen molar-refractivity contribution in [2.75, 3.05) is 0 Å². The summed E-state index contributed by atoms with van der Waals surface area (Å²) in [6.07, 6.45) is 1.72. The van der Waals surface area contributed by atoms with E-state index in [2.05, 4.69) is 15.3 Å². The van der Waals surface area contributed by atoms with Gasteiger partial charge in [0.15, 0.2) is 0 Å². The van der Waals surface area contributed by atoms with Crippen LogP contribution in [-0.4, -0.2) is 15.9 Å². The van der Waals surface area contributed by atoms with E-state index in [9.17, 15) is 4.79 Å². The molecule has 2 aromatic rings. The third-order valence-corrected chi connectivity index (χ3v) is 2.84. The Labute approximate surface area is 101 Å². The van der Waals surface area contributed by atoms with Gasteiger partial charge in [0, 0.05) is 11.1 Å². The molecule has 2 rings (SSSR count). The van der Waals surface area contributed by atoms with E-state index in [1.54, 1.807) is 29.9 Å². The monoisotopic (exact) mass is 253 g/mol. The van der Waals surface area contributed by atoms with Gasteiger partial charge in [0.25, 0.3) is 5.91 Å². The van der Waals surface area contributed by atoms with Crippen molar-refractivity contribution in [3.8, 4) is 0 Å². The molecule has 0 unspecified atom stereocenters. The topological polar surface area (TPSA) is 54.9 Å². The molecule has 2 heterocycles. The maximum absolute atomic E-state index is 11.6. The fraction of sp³-hybridized carbons (Fsp3) is 0.100. The molecule has 0 spiro atoms. The van der Waals surface area contributed by atoms with Gasteiger partial charge in [0.2, 0.25) is 0 Å². The van der Waals surface area contributed by atoms with Crippen LogP contribution in [0.4, 0.5) is 0 Å². The van der Waals surface area contributed by atoms with Gasteiger partial charge >= 0.3 is 0 Å². The SMILES string of the molecule is O=C(NCc1cncs1)c1cccc(Cl)n1. The molecule has 1 amide bonds. The lowest BCUT2D eigenvalue weighted by Crippen LogP contribution is -2.23. The zero-order valence-electron chi connectivity index (χ0n) is 8.18. The molecular formula is C10H8ClN3OS. The molecule has 0 aromatic carbocycles. The van der Waals surface area contributed by atoms with Crippen molar-refractivity contribution in [3.63, 3.8) is 0 Å².